The van der Waals surface area contributed by atoms with Crippen molar-refractivity contribution in [2.45, 2.75) is 26.8 Å². The normalized spacial score (nSPS) is 15.1. The number of carbonyl (C=O) groups excluding carboxylic acids is 2. The number of allylic oxidation sites excluding steroid dienone is 1. The van der Waals surface area contributed by atoms with Gasteiger partial charge in [-0.05, 0) is 55.3 Å². The number of nitrogens with zero attached hydrogens (tertiary/aromatic N) is 2. The van der Waals surface area contributed by atoms with E-state index in [0.29, 0.717) is 37.7 Å². The maximum Gasteiger partial charge on any atom is 0.338 e. The number of esters is 2. The minimum Gasteiger partial charge on any atom is -0.497 e. The average molecular weight is 523 g/mol. The van der Waals surface area contributed by atoms with Gasteiger partial charge in [-0.1, -0.05) is 29.5 Å². The monoisotopic (exact) mass is 522 g/mol. The first-order valence-corrected chi connectivity index (χ1v) is 12.3. The first-order valence-electron chi connectivity index (χ1n) is 11.5. The fourth-order valence-electron chi connectivity index (χ4n) is 4.06. The third kappa shape index (κ3) is 5.19. The van der Waals surface area contributed by atoms with Crippen LogP contribution in [0, 0.1) is 0 Å². The summed E-state index contributed by atoms with van der Waals surface area (Å²) in [5.74, 6) is 0.298. The van der Waals surface area contributed by atoms with Crippen molar-refractivity contribution in [3.05, 3.63) is 84.5 Å². The van der Waals surface area contributed by atoms with Gasteiger partial charge in [0.2, 0.25) is 0 Å². The van der Waals surface area contributed by atoms with Crippen molar-refractivity contribution < 1.29 is 28.5 Å². The molecule has 0 unspecified atom stereocenters. The van der Waals surface area contributed by atoms with Crippen LogP contribution < -0.4 is 29.1 Å². The minimum atomic E-state index is -0.718. The summed E-state index contributed by atoms with van der Waals surface area (Å²) in [6.07, 6.45) is 1.71. The molecule has 2 aromatic carbocycles. The predicted molar refractivity (Wildman–Crippen MR) is 138 cm³/mol. The fourth-order valence-corrected chi connectivity index (χ4v) is 5.10. The van der Waals surface area contributed by atoms with Crippen LogP contribution in [0.5, 0.6) is 17.2 Å². The third-order valence-corrected chi connectivity index (χ3v) is 6.67. The average Bonchev–Trinajstić information content (AvgIpc) is 3.18. The summed E-state index contributed by atoms with van der Waals surface area (Å²) in [4.78, 5) is 43.1. The van der Waals surface area contributed by atoms with Gasteiger partial charge in [0.25, 0.3) is 5.56 Å². The van der Waals surface area contributed by atoms with Gasteiger partial charge in [-0.15, -0.1) is 0 Å². The second-order valence-corrected chi connectivity index (χ2v) is 9.09. The summed E-state index contributed by atoms with van der Waals surface area (Å²) >= 11 is 1.21. The van der Waals surface area contributed by atoms with Crippen molar-refractivity contribution in [3.63, 3.8) is 0 Å². The van der Waals surface area contributed by atoms with E-state index in [1.807, 2.05) is 12.1 Å². The lowest BCUT2D eigenvalue weighted by molar-refractivity contribution is -0.139. The number of ether oxygens (including phenoxy) is 4. The molecule has 0 radical (unpaired) electrons. The Bertz CT molecular complexity index is 1570. The molecule has 9 nitrogen and oxygen atoms in total. The van der Waals surface area contributed by atoms with E-state index in [4.69, 9.17) is 18.9 Å². The van der Waals surface area contributed by atoms with Gasteiger partial charge in [0.1, 0.15) is 5.75 Å². The molecule has 2 heterocycles. The van der Waals surface area contributed by atoms with Crippen LogP contribution in [-0.4, -0.2) is 37.3 Å². The number of aromatic nitrogens is 1. The van der Waals surface area contributed by atoms with E-state index in [-0.39, 0.29) is 17.9 Å². The highest BCUT2D eigenvalue weighted by Crippen LogP contribution is 2.32. The van der Waals surface area contributed by atoms with E-state index >= 15 is 0 Å². The van der Waals surface area contributed by atoms with Crippen LogP contribution in [0.4, 0.5) is 0 Å². The quantitative estimate of drug-likeness (QED) is 0.347. The van der Waals surface area contributed by atoms with Gasteiger partial charge in [-0.25, -0.2) is 9.79 Å². The number of fused-ring (bicyclic) bond motifs is 1. The highest BCUT2D eigenvalue weighted by atomic mass is 32.1. The number of rotatable bonds is 7. The molecular weight excluding hydrogens is 496 g/mol. The molecule has 1 aliphatic heterocycles. The van der Waals surface area contributed by atoms with Crippen molar-refractivity contribution in [2.75, 3.05) is 20.8 Å². The molecule has 10 heteroatoms. The number of hydrogen-bond acceptors (Lipinski definition) is 9. The minimum absolute atomic E-state index is 0.195. The number of methoxy groups -OCH3 is 2. The lowest BCUT2D eigenvalue weighted by atomic mass is 9.96. The van der Waals surface area contributed by atoms with Crippen LogP contribution in [0.2, 0.25) is 0 Å². The number of carbonyl (C=O) groups is 2. The molecule has 1 aromatic heterocycles. The van der Waals surface area contributed by atoms with Gasteiger partial charge in [-0.3, -0.25) is 14.2 Å². The molecule has 37 heavy (non-hydrogen) atoms. The molecule has 0 N–H and O–H groups in total. The first-order chi connectivity index (χ1) is 17.8. The predicted octanol–water partition coefficient (Wildman–Crippen LogP) is 2.74. The highest BCUT2D eigenvalue weighted by molar-refractivity contribution is 7.07. The molecule has 0 amide bonds. The first kappa shape index (κ1) is 25.9. The van der Waals surface area contributed by atoms with Crippen molar-refractivity contribution >= 4 is 29.4 Å². The molecule has 0 saturated carbocycles. The van der Waals surface area contributed by atoms with Gasteiger partial charge in [0, 0.05) is 6.92 Å². The summed E-state index contributed by atoms with van der Waals surface area (Å²) in [5.41, 5.74) is 1.87. The van der Waals surface area contributed by atoms with Crippen LogP contribution in [0.1, 0.15) is 37.9 Å². The van der Waals surface area contributed by atoms with E-state index in [9.17, 15) is 14.4 Å². The topological polar surface area (TPSA) is 105 Å². The lowest BCUT2D eigenvalue weighted by Crippen LogP contribution is -2.39. The van der Waals surface area contributed by atoms with Crippen molar-refractivity contribution in [1.29, 1.82) is 0 Å². The summed E-state index contributed by atoms with van der Waals surface area (Å²) in [5, 5.41) is 0. The second kappa shape index (κ2) is 10.8. The Balaban J connectivity index is 1.88. The molecule has 3 aromatic rings. The van der Waals surface area contributed by atoms with E-state index < -0.39 is 18.0 Å². The molecule has 0 bridgehead atoms. The van der Waals surface area contributed by atoms with Crippen LogP contribution in [0.15, 0.2) is 63.5 Å². The molecule has 192 valence electrons. The molecule has 4 rings (SSSR count). The summed E-state index contributed by atoms with van der Waals surface area (Å²) < 4.78 is 23.0. The Morgan fingerprint density at radius 2 is 1.81 bits per heavy atom. The molecular formula is C27H26N2O7S. The molecule has 0 saturated heterocycles. The lowest BCUT2D eigenvalue weighted by Gasteiger charge is -2.24. The van der Waals surface area contributed by atoms with Crippen LogP contribution in [0.3, 0.4) is 0 Å². The maximum atomic E-state index is 13.7. The zero-order chi connectivity index (χ0) is 26.7. The van der Waals surface area contributed by atoms with E-state index in [0.717, 1.165) is 5.56 Å². The number of hydrogen-bond donors (Lipinski definition) is 0. The largest absolute Gasteiger partial charge is 0.497 e. The zero-order valence-electron chi connectivity index (χ0n) is 21.1. The van der Waals surface area contributed by atoms with Crippen molar-refractivity contribution in [3.8, 4) is 17.2 Å². The third-order valence-electron chi connectivity index (χ3n) is 5.69. The van der Waals surface area contributed by atoms with Crippen molar-refractivity contribution in [2.24, 2.45) is 4.99 Å². The van der Waals surface area contributed by atoms with E-state index in [2.05, 4.69) is 4.99 Å². The summed E-state index contributed by atoms with van der Waals surface area (Å²) in [6, 6.07) is 11.5. The molecule has 1 aliphatic rings. The van der Waals surface area contributed by atoms with E-state index in [1.165, 1.54) is 29.9 Å². The standard InChI is InChI=1S/C27H26N2O7S/c1-6-35-26(32)23-15(2)28-27-29(24(23)18-8-10-19(33-4)11-9-18)25(31)22(37-27)14-17-7-12-20(36-16(3)30)21(13-17)34-5/h7-14,24H,6H2,1-5H3/t24-/m0/s1. The van der Waals surface area contributed by atoms with Gasteiger partial charge in [-0.2, -0.15) is 0 Å². The SMILES string of the molecule is CCOC(=O)C1=C(C)N=c2sc(=Cc3ccc(OC(C)=O)c(OC)c3)c(=O)n2[C@H]1c1ccc(OC)cc1. The smallest absolute Gasteiger partial charge is 0.338 e. The molecule has 0 fully saturated rings. The number of thiazole rings is 1. The molecule has 0 aliphatic carbocycles. The van der Waals surface area contributed by atoms with Gasteiger partial charge < -0.3 is 18.9 Å². The summed E-state index contributed by atoms with van der Waals surface area (Å²) in [7, 11) is 3.04. The Morgan fingerprint density at radius 1 is 1.08 bits per heavy atom. The van der Waals surface area contributed by atoms with E-state index in [1.54, 1.807) is 57.4 Å². The van der Waals surface area contributed by atoms with Crippen molar-refractivity contribution in [1.82, 2.24) is 4.57 Å². The molecule has 0 spiro atoms. The maximum absolute atomic E-state index is 13.7. The van der Waals surface area contributed by atoms with Gasteiger partial charge in [0.05, 0.1) is 42.7 Å². The Hall–Kier alpha value is -4.18. The Labute approximate surface area is 216 Å². The fraction of sp³-hybridized carbons (Fsp3) is 0.259. The van der Waals surface area contributed by atoms with Gasteiger partial charge in [0.15, 0.2) is 16.3 Å². The second-order valence-electron chi connectivity index (χ2n) is 8.08. The summed E-state index contributed by atoms with van der Waals surface area (Å²) in [6.45, 7) is 4.96. The van der Waals surface area contributed by atoms with Gasteiger partial charge >= 0.3 is 11.9 Å². The van der Waals surface area contributed by atoms with Crippen LogP contribution >= 0.6 is 11.3 Å². The Morgan fingerprint density at radius 3 is 2.43 bits per heavy atom. The number of benzene rings is 2. The Kier molecular flexibility index (Phi) is 7.58. The highest BCUT2D eigenvalue weighted by Gasteiger charge is 2.33. The molecule has 1 atom stereocenters. The van der Waals surface area contributed by atoms with Crippen LogP contribution in [0.25, 0.3) is 6.08 Å². The van der Waals surface area contributed by atoms with Crippen LogP contribution in [-0.2, 0) is 14.3 Å². The zero-order valence-corrected chi connectivity index (χ0v) is 21.9.